The second kappa shape index (κ2) is 5.28. The summed E-state index contributed by atoms with van der Waals surface area (Å²) in [5.74, 6) is 0.806. The molecule has 2 amide bonds. The van der Waals surface area contributed by atoms with Gasteiger partial charge in [-0.3, -0.25) is 9.59 Å². The van der Waals surface area contributed by atoms with E-state index in [4.69, 9.17) is 4.42 Å². The van der Waals surface area contributed by atoms with Gasteiger partial charge in [0.05, 0.1) is 18.1 Å². The maximum atomic E-state index is 12.6. The average Bonchev–Trinajstić information content (AvgIpc) is 3.40. The van der Waals surface area contributed by atoms with Gasteiger partial charge in [-0.05, 0) is 30.4 Å². The van der Waals surface area contributed by atoms with Gasteiger partial charge in [0.2, 0.25) is 0 Å². The van der Waals surface area contributed by atoms with Gasteiger partial charge in [0.25, 0.3) is 11.8 Å². The molecule has 4 atom stereocenters. The molecule has 5 rings (SSSR count). The van der Waals surface area contributed by atoms with Gasteiger partial charge < -0.3 is 4.42 Å². The fourth-order valence-corrected chi connectivity index (χ4v) is 4.29. The lowest BCUT2D eigenvalue weighted by atomic mass is 9.85. The standard InChI is InChI=1S/C20H16N2O3/c23-19-17-13-6-7-14(10-13)18(17)20(24)22(19)21-11-15-8-9-16(25-15)12-4-2-1-3-5-12/h1-9,11,13-14,17-18H,10H2/t13-,14-,17-,18+/m0/s1. The Morgan fingerprint density at radius 2 is 1.64 bits per heavy atom. The van der Waals surface area contributed by atoms with E-state index in [9.17, 15) is 9.59 Å². The van der Waals surface area contributed by atoms with E-state index < -0.39 is 0 Å². The third-order valence-electron chi connectivity index (χ3n) is 5.43. The second-order valence-corrected chi connectivity index (χ2v) is 6.80. The van der Waals surface area contributed by atoms with Crippen LogP contribution in [0.2, 0.25) is 0 Å². The monoisotopic (exact) mass is 332 g/mol. The van der Waals surface area contributed by atoms with Crippen LogP contribution < -0.4 is 0 Å². The van der Waals surface area contributed by atoms with Gasteiger partial charge in [0.15, 0.2) is 0 Å². The van der Waals surface area contributed by atoms with Crippen LogP contribution in [0.5, 0.6) is 0 Å². The van der Waals surface area contributed by atoms with Gasteiger partial charge in [-0.1, -0.05) is 42.5 Å². The topological polar surface area (TPSA) is 62.9 Å². The SMILES string of the molecule is O=C1[C@@H]2[C@H](C(=O)N1N=Cc1ccc(-c3ccccc3)o1)[C@H]1C=C[C@H]2C1. The molecule has 0 unspecified atom stereocenters. The van der Waals surface area contributed by atoms with Gasteiger partial charge >= 0.3 is 0 Å². The minimum Gasteiger partial charge on any atom is -0.455 e. The van der Waals surface area contributed by atoms with Crippen molar-refractivity contribution >= 4 is 18.0 Å². The largest absolute Gasteiger partial charge is 0.455 e. The number of hydrogen-bond donors (Lipinski definition) is 0. The molecule has 1 aromatic carbocycles. The molecule has 2 bridgehead atoms. The number of imide groups is 1. The zero-order valence-corrected chi connectivity index (χ0v) is 13.4. The first kappa shape index (κ1) is 14.4. The van der Waals surface area contributed by atoms with E-state index in [0.29, 0.717) is 5.76 Å². The number of carbonyl (C=O) groups is 2. The molecule has 2 heterocycles. The van der Waals surface area contributed by atoms with Crippen molar-refractivity contribution in [2.24, 2.45) is 28.8 Å². The third-order valence-corrected chi connectivity index (χ3v) is 5.43. The van der Waals surface area contributed by atoms with Crippen molar-refractivity contribution in [3.05, 3.63) is 60.4 Å². The summed E-state index contributed by atoms with van der Waals surface area (Å²) in [5, 5.41) is 5.16. The van der Waals surface area contributed by atoms with E-state index in [1.54, 1.807) is 6.07 Å². The van der Waals surface area contributed by atoms with Crippen molar-refractivity contribution in [3.63, 3.8) is 0 Å². The number of hydrazone groups is 1. The molecular weight excluding hydrogens is 316 g/mol. The maximum Gasteiger partial charge on any atom is 0.254 e. The van der Waals surface area contributed by atoms with Crippen molar-refractivity contribution in [2.75, 3.05) is 0 Å². The van der Waals surface area contributed by atoms with Crippen LogP contribution in [0.25, 0.3) is 11.3 Å². The van der Waals surface area contributed by atoms with Crippen molar-refractivity contribution in [1.29, 1.82) is 0 Å². The fraction of sp³-hybridized carbons (Fsp3) is 0.250. The zero-order chi connectivity index (χ0) is 17.0. The lowest BCUT2D eigenvalue weighted by Crippen LogP contribution is -2.28. The van der Waals surface area contributed by atoms with Gasteiger partial charge in [-0.15, -0.1) is 0 Å². The lowest BCUT2D eigenvalue weighted by molar-refractivity contribution is -0.140. The van der Waals surface area contributed by atoms with Crippen molar-refractivity contribution in [3.8, 4) is 11.3 Å². The molecule has 0 N–H and O–H groups in total. The zero-order valence-electron chi connectivity index (χ0n) is 13.4. The van der Waals surface area contributed by atoms with Gasteiger partial charge in [-0.2, -0.15) is 10.1 Å². The van der Waals surface area contributed by atoms with Crippen LogP contribution in [-0.2, 0) is 9.59 Å². The molecule has 5 heteroatoms. The van der Waals surface area contributed by atoms with Gasteiger partial charge in [0.1, 0.15) is 11.5 Å². The highest BCUT2D eigenvalue weighted by Crippen LogP contribution is 2.52. The molecule has 25 heavy (non-hydrogen) atoms. The predicted octanol–water partition coefficient (Wildman–Crippen LogP) is 3.09. The summed E-state index contributed by atoms with van der Waals surface area (Å²) in [6, 6.07) is 13.4. The van der Waals surface area contributed by atoms with Crippen LogP contribution in [0.1, 0.15) is 12.2 Å². The molecule has 5 nitrogen and oxygen atoms in total. The van der Waals surface area contributed by atoms with E-state index >= 15 is 0 Å². The number of furan rings is 1. The molecule has 1 aliphatic heterocycles. The highest BCUT2D eigenvalue weighted by atomic mass is 16.3. The summed E-state index contributed by atoms with van der Waals surface area (Å²) in [4.78, 5) is 25.1. The summed E-state index contributed by atoms with van der Waals surface area (Å²) < 4.78 is 5.74. The van der Waals surface area contributed by atoms with E-state index in [2.05, 4.69) is 17.3 Å². The molecule has 1 aromatic heterocycles. The Kier molecular flexibility index (Phi) is 3.04. The predicted molar refractivity (Wildman–Crippen MR) is 91.3 cm³/mol. The Labute approximate surface area is 144 Å². The Balaban J connectivity index is 1.37. The Bertz CT molecular complexity index is 882. The summed E-state index contributed by atoms with van der Waals surface area (Å²) >= 11 is 0. The number of fused-ring (bicyclic) bond motifs is 5. The van der Waals surface area contributed by atoms with Crippen LogP contribution in [0.3, 0.4) is 0 Å². The number of allylic oxidation sites excluding steroid dienone is 2. The summed E-state index contributed by atoms with van der Waals surface area (Å²) in [5.41, 5.74) is 0.965. The van der Waals surface area contributed by atoms with Crippen LogP contribution in [-0.4, -0.2) is 23.0 Å². The minimum atomic E-state index is -0.226. The number of benzene rings is 1. The van der Waals surface area contributed by atoms with Crippen LogP contribution in [0.4, 0.5) is 0 Å². The van der Waals surface area contributed by atoms with Crippen LogP contribution in [0.15, 0.2) is 64.1 Å². The highest BCUT2D eigenvalue weighted by Gasteiger charge is 2.59. The molecular formula is C20H16N2O3. The number of nitrogens with zero attached hydrogens (tertiary/aromatic N) is 2. The molecule has 2 aromatic rings. The van der Waals surface area contributed by atoms with E-state index in [1.165, 1.54) is 6.21 Å². The second-order valence-electron chi connectivity index (χ2n) is 6.80. The van der Waals surface area contributed by atoms with E-state index in [1.807, 2.05) is 36.4 Å². The van der Waals surface area contributed by atoms with Crippen LogP contribution in [0, 0.1) is 23.7 Å². The summed E-state index contributed by atoms with van der Waals surface area (Å²) in [6.45, 7) is 0. The molecule has 2 fully saturated rings. The summed E-state index contributed by atoms with van der Waals surface area (Å²) in [7, 11) is 0. The van der Waals surface area contributed by atoms with E-state index in [0.717, 1.165) is 22.8 Å². The van der Waals surface area contributed by atoms with E-state index in [-0.39, 0.29) is 35.5 Å². The molecule has 124 valence electrons. The number of hydrogen-bond acceptors (Lipinski definition) is 4. The smallest absolute Gasteiger partial charge is 0.254 e. The number of amides is 2. The Morgan fingerprint density at radius 1 is 0.960 bits per heavy atom. The highest BCUT2D eigenvalue weighted by molar-refractivity contribution is 6.06. The van der Waals surface area contributed by atoms with Crippen LogP contribution >= 0.6 is 0 Å². The van der Waals surface area contributed by atoms with Gasteiger partial charge in [-0.25, -0.2) is 0 Å². The first-order valence-corrected chi connectivity index (χ1v) is 8.48. The molecule has 0 radical (unpaired) electrons. The van der Waals surface area contributed by atoms with Crippen molar-refractivity contribution < 1.29 is 14.0 Å². The molecule has 1 saturated carbocycles. The Hall–Kier alpha value is -2.95. The first-order valence-electron chi connectivity index (χ1n) is 8.48. The van der Waals surface area contributed by atoms with Crippen molar-refractivity contribution in [1.82, 2.24) is 5.01 Å². The molecule has 1 saturated heterocycles. The van der Waals surface area contributed by atoms with Gasteiger partial charge in [0, 0.05) is 5.56 Å². The number of carbonyl (C=O) groups excluding carboxylic acids is 2. The fourth-order valence-electron chi connectivity index (χ4n) is 4.29. The quantitative estimate of drug-likeness (QED) is 0.493. The minimum absolute atomic E-state index is 0.182. The average molecular weight is 332 g/mol. The first-order chi connectivity index (χ1) is 12.2. The maximum absolute atomic E-state index is 12.6. The third kappa shape index (κ3) is 2.12. The van der Waals surface area contributed by atoms with Crippen molar-refractivity contribution in [2.45, 2.75) is 6.42 Å². The molecule has 3 aliphatic rings. The lowest BCUT2D eigenvalue weighted by Gasteiger charge is -2.13. The Morgan fingerprint density at radius 3 is 2.32 bits per heavy atom. The molecule has 2 aliphatic carbocycles. The number of rotatable bonds is 3. The summed E-state index contributed by atoms with van der Waals surface area (Å²) in [6.07, 6.45) is 6.51. The molecule has 0 spiro atoms. The normalized spacial score (nSPS) is 30.0.